The van der Waals surface area contributed by atoms with Crippen molar-refractivity contribution >= 4 is 34.5 Å². The molecule has 2 aromatic rings. The molecule has 0 aliphatic carbocycles. The van der Waals surface area contributed by atoms with Gasteiger partial charge < -0.3 is 0 Å². The van der Waals surface area contributed by atoms with Gasteiger partial charge in [-0.1, -0.05) is 12.1 Å². The summed E-state index contributed by atoms with van der Waals surface area (Å²) < 4.78 is 2.91. The second-order valence-electron chi connectivity index (χ2n) is 4.01. The smallest absolute Gasteiger partial charge is 0.185 e. The van der Waals surface area contributed by atoms with Crippen LogP contribution in [-0.2, 0) is 7.05 Å². The first-order chi connectivity index (χ1) is 8.58. The Kier molecular flexibility index (Phi) is 3.96. The highest BCUT2D eigenvalue weighted by atomic mass is 127. The number of carbonyl (C=O) groups excluding carboxylic acids is 1. The molecule has 2 rings (SSSR count). The highest BCUT2D eigenvalue weighted by Crippen LogP contribution is 2.11. The van der Waals surface area contributed by atoms with Gasteiger partial charge in [0.1, 0.15) is 0 Å². The average Bonchev–Trinajstić information content (AvgIpc) is 2.68. The topological polar surface area (TPSA) is 34.9 Å². The van der Waals surface area contributed by atoms with Gasteiger partial charge in [0.25, 0.3) is 0 Å². The summed E-state index contributed by atoms with van der Waals surface area (Å²) in [6.45, 7) is 1.97. The van der Waals surface area contributed by atoms with E-state index >= 15 is 0 Å². The Morgan fingerprint density at radius 3 is 2.56 bits per heavy atom. The quantitative estimate of drug-likeness (QED) is 0.483. The van der Waals surface area contributed by atoms with Crippen LogP contribution in [0.4, 0.5) is 0 Å². The molecule has 0 spiro atoms. The number of ketones is 1. The van der Waals surface area contributed by atoms with Crippen LogP contribution in [-0.4, -0.2) is 15.6 Å². The van der Waals surface area contributed by atoms with Gasteiger partial charge in [0.15, 0.2) is 5.78 Å². The lowest BCUT2D eigenvalue weighted by atomic mass is 10.1. The van der Waals surface area contributed by atoms with Crippen molar-refractivity contribution in [2.24, 2.45) is 7.05 Å². The summed E-state index contributed by atoms with van der Waals surface area (Å²) in [5.74, 6) is 0.00894. The molecule has 0 N–H and O–H groups in total. The molecular weight excluding hydrogens is 339 g/mol. The van der Waals surface area contributed by atoms with Crippen molar-refractivity contribution in [1.29, 1.82) is 0 Å². The number of aromatic nitrogens is 2. The normalized spacial score (nSPS) is 11.1. The van der Waals surface area contributed by atoms with E-state index in [9.17, 15) is 4.79 Å². The van der Waals surface area contributed by atoms with Crippen molar-refractivity contribution in [3.05, 3.63) is 56.9 Å². The van der Waals surface area contributed by atoms with E-state index in [4.69, 9.17) is 0 Å². The molecule has 1 aromatic carbocycles. The molecule has 0 radical (unpaired) electrons. The molecule has 92 valence electrons. The summed E-state index contributed by atoms with van der Waals surface area (Å²) in [4.78, 5) is 11.9. The fourth-order valence-corrected chi connectivity index (χ4v) is 1.91. The Morgan fingerprint density at radius 1 is 1.33 bits per heavy atom. The van der Waals surface area contributed by atoms with Crippen LogP contribution in [0.3, 0.4) is 0 Å². The monoisotopic (exact) mass is 352 g/mol. The van der Waals surface area contributed by atoms with Gasteiger partial charge in [0.2, 0.25) is 0 Å². The number of aryl methyl sites for hydroxylation is 1. The summed E-state index contributed by atoms with van der Waals surface area (Å²) in [6, 6.07) is 7.53. The van der Waals surface area contributed by atoms with E-state index in [1.807, 2.05) is 44.3 Å². The van der Waals surface area contributed by atoms with Gasteiger partial charge in [-0.15, -0.1) is 0 Å². The number of nitrogens with zero attached hydrogens (tertiary/aromatic N) is 2. The summed E-state index contributed by atoms with van der Waals surface area (Å²) in [7, 11) is 1.88. The van der Waals surface area contributed by atoms with Crippen LogP contribution in [0.15, 0.2) is 36.5 Å². The molecule has 0 fully saturated rings. The summed E-state index contributed by atoms with van der Waals surface area (Å²) in [5.41, 5.74) is 2.71. The summed E-state index contributed by atoms with van der Waals surface area (Å²) in [5, 5.41) is 4.13. The number of carbonyl (C=O) groups is 1. The second-order valence-corrected chi connectivity index (χ2v) is 5.26. The van der Waals surface area contributed by atoms with Gasteiger partial charge in [-0.2, -0.15) is 5.10 Å². The lowest BCUT2D eigenvalue weighted by Gasteiger charge is -1.96. The van der Waals surface area contributed by atoms with E-state index in [1.54, 1.807) is 17.0 Å². The molecule has 0 aliphatic rings. The molecule has 0 saturated heterocycles. The van der Waals surface area contributed by atoms with Crippen LogP contribution >= 0.6 is 22.6 Å². The van der Waals surface area contributed by atoms with Crippen molar-refractivity contribution < 1.29 is 4.79 Å². The number of halogens is 1. The third-order valence-electron chi connectivity index (χ3n) is 2.82. The number of rotatable bonds is 3. The van der Waals surface area contributed by atoms with Crippen molar-refractivity contribution in [1.82, 2.24) is 9.78 Å². The SMILES string of the molecule is Cc1c(/C=C\C(=O)c2ccc(I)cc2)cnn1C. The molecule has 0 unspecified atom stereocenters. The Morgan fingerprint density at radius 2 is 2.00 bits per heavy atom. The lowest BCUT2D eigenvalue weighted by Crippen LogP contribution is -1.94. The minimum Gasteiger partial charge on any atom is -0.289 e. The van der Waals surface area contributed by atoms with Crippen LogP contribution in [0, 0.1) is 10.5 Å². The van der Waals surface area contributed by atoms with Crippen LogP contribution in [0.25, 0.3) is 6.08 Å². The Hall–Kier alpha value is -1.43. The molecule has 18 heavy (non-hydrogen) atoms. The Labute approximate surface area is 120 Å². The van der Waals surface area contributed by atoms with Crippen molar-refractivity contribution in [3.63, 3.8) is 0 Å². The third kappa shape index (κ3) is 2.87. The fraction of sp³-hybridized carbons (Fsp3) is 0.143. The second kappa shape index (κ2) is 5.48. The molecular formula is C14H13IN2O. The summed E-state index contributed by atoms with van der Waals surface area (Å²) in [6.07, 6.45) is 5.15. The third-order valence-corrected chi connectivity index (χ3v) is 3.54. The van der Waals surface area contributed by atoms with Crippen LogP contribution in [0.2, 0.25) is 0 Å². The molecule has 1 heterocycles. The van der Waals surface area contributed by atoms with E-state index < -0.39 is 0 Å². The van der Waals surface area contributed by atoms with Crippen LogP contribution in [0.1, 0.15) is 21.6 Å². The van der Waals surface area contributed by atoms with Gasteiger partial charge in [-0.3, -0.25) is 9.48 Å². The van der Waals surface area contributed by atoms with Gasteiger partial charge >= 0.3 is 0 Å². The van der Waals surface area contributed by atoms with Gasteiger partial charge in [0.05, 0.1) is 6.20 Å². The van der Waals surface area contributed by atoms with Crippen molar-refractivity contribution in [2.75, 3.05) is 0 Å². The highest BCUT2D eigenvalue weighted by Gasteiger charge is 2.03. The molecule has 4 heteroatoms. The van der Waals surface area contributed by atoms with E-state index in [2.05, 4.69) is 27.7 Å². The Bertz CT molecular complexity index is 597. The van der Waals surface area contributed by atoms with E-state index in [0.29, 0.717) is 5.56 Å². The number of benzene rings is 1. The molecule has 3 nitrogen and oxygen atoms in total. The largest absolute Gasteiger partial charge is 0.289 e. The van der Waals surface area contributed by atoms with E-state index in [0.717, 1.165) is 14.8 Å². The highest BCUT2D eigenvalue weighted by molar-refractivity contribution is 14.1. The Balaban J connectivity index is 2.16. The number of hydrogen-bond acceptors (Lipinski definition) is 2. The predicted molar refractivity (Wildman–Crippen MR) is 80.5 cm³/mol. The molecule has 0 saturated carbocycles. The maximum absolute atomic E-state index is 11.9. The molecule has 1 aromatic heterocycles. The van der Waals surface area contributed by atoms with Gasteiger partial charge in [-0.25, -0.2) is 0 Å². The maximum atomic E-state index is 11.9. The molecule has 0 bridgehead atoms. The zero-order valence-electron chi connectivity index (χ0n) is 10.2. The van der Waals surface area contributed by atoms with Crippen LogP contribution in [0.5, 0.6) is 0 Å². The first-order valence-corrected chi connectivity index (χ1v) is 6.62. The summed E-state index contributed by atoms with van der Waals surface area (Å²) >= 11 is 2.22. The average molecular weight is 352 g/mol. The zero-order valence-corrected chi connectivity index (χ0v) is 12.4. The first kappa shape index (κ1) is 13.0. The van der Waals surface area contributed by atoms with Crippen molar-refractivity contribution in [2.45, 2.75) is 6.92 Å². The van der Waals surface area contributed by atoms with Gasteiger partial charge in [0, 0.05) is 27.4 Å². The van der Waals surface area contributed by atoms with E-state index in [-0.39, 0.29) is 5.78 Å². The van der Waals surface area contributed by atoms with Crippen molar-refractivity contribution in [3.8, 4) is 0 Å². The number of allylic oxidation sites excluding steroid dienone is 1. The number of hydrogen-bond donors (Lipinski definition) is 0. The maximum Gasteiger partial charge on any atom is 0.185 e. The molecule has 0 atom stereocenters. The molecule has 0 aliphatic heterocycles. The van der Waals surface area contributed by atoms with Crippen LogP contribution < -0.4 is 0 Å². The lowest BCUT2D eigenvalue weighted by molar-refractivity contribution is 0.104. The minimum absolute atomic E-state index is 0.00894. The predicted octanol–water partition coefficient (Wildman–Crippen LogP) is 3.23. The van der Waals surface area contributed by atoms with E-state index in [1.165, 1.54) is 0 Å². The fourth-order valence-electron chi connectivity index (χ4n) is 1.56. The molecule has 0 amide bonds. The standard InChI is InChI=1S/C14H13IN2O/c1-10-12(9-16-17(10)2)5-8-14(18)11-3-6-13(15)7-4-11/h3-9H,1-2H3/b8-5-. The first-order valence-electron chi connectivity index (χ1n) is 5.54. The zero-order chi connectivity index (χ0) is 13.1. The van der Waals surface area contributed by atoms with Gasteiger partial charge in [-0.05, 0) is 53.8 Å². The minimum atomic E-state index is 0.00894.